The van der Waals surface area contributed by atoms with Gasteiger partial charge in [0.2, 0.25) is 5.91 Å². The Hall–Kier alpha value is -1.45. The highest BCUT2D eigenvalue weighted by molar-refractivity contribution is 5.76. The van der Waals surface area contributed by atoms with Gasteiger partial charge in [0.25, 0.3) is 0 Å². The first kappa shape index (κ1) is 12.3. The van der Waals surface area contributed by atoms with Crippen LogP contribution in [0.1, 0.15) is 55.0 Å². The van der Waals surface area contributed by atoms with Crippen molar-refractivity contribution >= 4 is 5.91 Å². The van der Waals surface area contributed by atoms with Crippen LogP contribution in [0.2, 0.25) is 0 Å². The first-order valence-electron chi connectivity index (χ1n) is 7.91. The minimum atomic E-state index is 0.348. The van der Waals surface area contributed by atoms with Crippen molar-refractivity contribution in [1.29, 1.82) is 0 Å². The van der Waals surface area contributed by atoms with Gasteiger partial charge in [-0.15, -0.1) is 0 Å². The van der Waals surface area contributed by atoms with Gasteiger partial charge in [0.1, 0.15) is 6.33 Å². The van der Waals surface area contributed by atoms with Crippen molar-refractivity contribution in [1.82, 2.24) is 14.9 Å². The third kappa shape index (κ3) is 2.43. The Balaban J connectivity index is 1.50. The predicted octanol–water partition coefficient (Wildman–Crippen LogP) is 2.08. The maximum Gasteiger partial charge on any atom is 0.222 e. The van der Waals surface area contributed by atoms with Crippen molar-refractivity contribution < 1.29 is 4.79 Å². The highest BCUT2D eigenvalue weighted by Gasteiger charge is 2.31. The highest BCUT2D eigenvalue weighted by Crippen LogP contribution is 2.41. The van der Waals surface area contributed by atoms with Crippen molar-refractivity contribution in [3.05, 3.63) is 23.3 Å². The largest absolute Gasteiger partial charge is 0.342 e. The molecule has 0 saturated heterocycles. The lowest BCUT2D eigenvalue weighted by Crippen LogP contribution is -2.33. The van der Waals surface area contributed by atoms with E-state index in [0.717, 1.165) is 32.4 Å². The average molecular weight is 271 g/mol. The van der Waals surface area contributed by atoms with E-state index in [1.807, 2.05) is 0 Å². The van der Waals surface area contributed by atoms with Crippen LogP contribution in [-0.4, -0.2) is 33.9 Å². The Bertz CT molecular complexity index is 535. The van der Waals surface area contributed by atoms with E-state index in [9.17, 15) is 4.79 Å². The third-order valence-corrected chi connectivity index (χ3v) is 4.80. The van der Waals surface area contributed by atoms with Gasteiger partial charge in [-0.05, 0) is 43.6 Å². The standard InChI is InChI=1S/C16H21N3O/c20-15(9-11-1-2-11)19-7-5-13-14(6-8-19)17-10-18-16(13)12-3-4-12/h10-12H,1-9H2. The molecule has 2 saturated carbocycles. The third-order valence-electron chi connectivity index (χ3n) is 4.80. The predicted molar refractivity (Wildman–Crippen MR) is 75.3 cm³/mol. The summed E-state index contributed by atoms with van der Waals surface area (Å²) in [5.41, 5.74) is 3.80. The lowest BCUT2D eigenvalue weighted by atomic mass is 10.0. The van der Waals surface area contributed by atoms with Crippen LogP contribution in [0, 0.1) is 5.92 Å². The van der Waals surface area contributed by atoms with E-state index in [0.29, 0.717) is 17.7 Å². The van der Waals surface area contributed by atoms with Crippen LogP contribution in [0.25, 0.3) is 0 Å². The van der Waals surface area contributed by atoms with Gasteiger partial charge in [0.05, 0.1) is 5.69 Å². The lowest BCUT2D eigenvalue weighted by Gasteiger charge is -2.20. The number of carbonyl (C=O) groups is 1. The van der Waals surface area contributed by atoms with E-state index in [2.05, 4.69) is 14.9 Å². The van der Waals surface area contributed by atoms with Crippen molar-refractivity contribution in [3.63, 3.8) is 0 Å². The van der Waals surface area contributed by atoms with Crippen LogP contribution in [0.3, 0.4) is 0 Å². The molecule has 4 nitrogen and oxygen atoms in total. The molecular weight excluding hydrogens is 250 g/mol. The summed E-state index contributed by atoms with van der Waals surface area (Å²) < 4.78 is 0. The van der Waals surface area contributed by atoms with Gasteiger partial charge < -0.3 is 4.90 Å². The second kappa shape index (κ2) is 4.83. The Morgan fingerprint density at radius 1 is 1.15 bits per heavy atom. The molecule has 106 valence electrons. The van der Waals surface area contributed by atoms with E-state index in [1.165, 1.54) is 42.6 Å². The molecule has 0 radical (unpaired) electrons. The maximum atomic E-state index is 12.3. The molecule has 0 unspecified atom stereocenters. The van der Waals surface area contributed by atoms with Crippen molar-refractivity contribution in [2.45, 2.75) is 50.9 Å². The minimum Gasteiger partial charge on any atom is -0.342 e. The summed E-state index contributed by atoms with van der Waals surface area (Å²) in [7, 11) is 0. The summed E-state index contributed by atoms with van der Waals surface area (Å²) >= 11 is 0. The number of carbonyl (C=O) groups excluding carboxylic acids is 1. The second-order valence-corrected chi connectivity index (χ2v) is 6.49. The topological polar surface area (TPSA) is 46.1 Å². The molecule has 0 spiro atoms. The fourth-order valence-corrected chi connectivity index (χ4v) is 3.21. The molecule has 2 fully saturated rings. The molecule has 20 heavy (non-hydrogen) atoms. The zero-order valence-corrected chi connectivity index (χ0v) is 11.8. The van der Waals surface area contributed by atoms with Crippen LogP contribution < -0.4 is 0 Å². The Labute approximate surface area is 119 Å². The molecule has 0 atom stereocenters. The zero-order chi connectivity index (χ0) is 13.5. The van der Waals surface area contributed by atoms with E-state index >= 15 is 0 Å². The molecule has 2 aliphatic carbocycles. The number of hydrogen-bond acceptors (Lipinski definition) is 3. The molecular formula is C16H21N3O. The van der Waals surface area contributed by atoms with E-state index in [1.54, 1.807) is 6.33 Å². The van der Waals surface area contributed by atoms with Gasteiger partial charge in [-0.3, -0.25) is 4.79 Å². The van der Waals surface area contributed by atoms with Gasteiger partial charge >= 0.3 is 0 Å². The molecule has 1 aliphatic heterocycles. The summed E-state index contributed by atoms with van der Waals surface area (Å²) in [6, 6.07) is 0. The Morgan fingerprint density at radius 3 is 2.70 bits per heavy atom. The molecule has 4 rings (SSSR count). The zero-order valence-electron chi connectivity index (χ0n) is 11.8. The molecule has 1 amide bonds. The van der Waals surface area contributed by atoms with Gasteiger partial charge in [0.15, 0.2) is 0 Å². The van der Waals surface area contributed by atoms with Crippen molar-refractivity contribution in [3.8, 4) is 0 Å². The molecule has 2 heterocycles. The average Bonchev–Trinajstić information content (AvgIpc) is 3.30. The smallest absolute Gasteiger partial charge is 0.222 e. The van der Waals surface area contributed by atoms with Gasteiger partial charge in [0, 0.05) is 37.5 Å². The molecule has 1 aromatic heterocycles. The van der Waals surface area contributed by atoms with Crippen LogP contribution >= 0.6 is 0 Å². The fraction of sp³-hybridized carbons (Fsp3) is 0.688. The molecule has 1 aromatic rings. The number of nitrogens with zero attached hydrogens (tertiary/aromatic N) is 3. The first-order valence-corrected chi connectivity index (χ1v) is 7.91. The van der Waals surface area contributed by atoms with Crippen LogP contribution in [-0.2, 0) is 17.6 Å². The van der Waals surface area contributed by atoms with E-state index in [-0.39, 0.29) is 0 Å². The monoisotopic (exact) mass is 271 g/mol. The van der Waals surface area contributed by atoms with Crippen LogP contribution in [0.4, 0.5) is 0 Å². The fourth-order valence-electron chi connectivity index (χ4n) is 3.21. The van der Waals surface area contributed by atoms with Crippen molar-refractivity contribution in [2.24, 2.45) is 5.92 Å². The van der Waals surface area contributed by atoms with Gasteiger partial charge in [-0.1, -0.05) is 0 Å². The number of amides is 1. The summed E-state index contributed by atoms with van der Waals surface area (Å²) in [5.74, 6) is 1.69. The SMILES string of the molecule is O=C(CC1CC1)N1CCc2ncnc(C3CC3)c2CC1. The summed E-state index contributed by atoms with van der Waals surface area (Å²) in [6.07, 6.45) is 9.35. The molecule has 4 heteroatoms. The normalized spacial score (nSPS) is 22.3. The number of aromatic nitrogens is 2. The minimum absolute atomic E-state index is 0.348. The molecule has 0 N–H and O–H groups in total. The molecule has 0 bridgehead atoms. The second-order valence-electron chi connectivity index (χ2n) is 6.49. The Morgan fingerprint density at radius 2 is 1.95 bits per heavy atom. The number of hydrogen-bond donors (Lipinski definition) is 0. The van der Waals surface area contributed by atoms with Gasteiger partial charge in [-0.25, -0.2) is 9.97 Å². The first-order chi connectivity index (χ1) is 9.81. The highest BCUT2D eigenvalue weighted by atomic mass is 16.2. The van der Waals surface area contributed by atoms with Crippen molar-refractivity contribution in [2.75, 3.05) is 13.1 Å². The maximum absolute atomic E-state index is 12.3. The summed E-state index contributed by atoms with van der Waals surface area (Å²) in [6.45, 7) is 1.69. The van der Waals surface area contributed by atoms with E-state index < -0.39 is 0 Å². The van der Waals surface area contributed by atoms with Crippen LogP contribution in [0.15, 0.2) is 6.33 Å². The molecule has 3 aliphatic rings. The Kier molecular flexibility index (Phi) is 2.97. The number of rotatable bonds is 3. The van der Waals surface area contributed by atoms with E-state index in [4.69, 9.17) is 0 Å². The molecule has 0 aromatic carbocycles. The van der Waals surface area contributed by atoms with Gasteiger partial charge in [-0.2, -0.15) is 0 Å². The summed E-state index contributed by atoms with van der Waals surface area (Å²) in [5, 5.41) is 0. The van der Waals surface area contributed by atoms with Crippen LogP contribution in [0.5, 0.6) is 0 Å². The quantitative estimate of drug-likeness (QED) is 0.845. The number of fused-ring (bicyclic) bond motifs is 1. The lowest BCUT2D eigenvalue weighted by molar-refractivity contribution is -0.131. The summed E-state index contributed by atoms with van der Waals surface area (Å²) in [4.78, 5) is 23.3.